The van der Waals surface area contributed by atoms with Gasteiger partial charge in [0.15, 0.2) is 0 Å². The smallest absolute Gasteiger partial charge is 0.333 e. The van der Waals surface area contributed by atoms with Crippen molar-refractivity contribution < 1.29 is 14.5 Å². The molecule has 0 aliphatic carbocycles. The highest BCUT2D eigenvalue weighted by Crippen LogP contribution is 2.31. The highest BCUT2D eigenvalue weighted by atomic mass is 16.6. The van der Waals surface area contributed by atoms with Gasteiger partial charge in [0.25, 0.3) is 5.69 Å². The summed E-state index contributed by atoms with van der Waals surface area (Å²) in [6, 6.07) is 12.5. The van der Waals surface area contributed by atoms with Crippen LogP contribution >= 0.6 is 0 Å². The summed E-state index contributed by atoms with van der Waals surface area (Å²) >= 11 is 0. The zero-order chi connectivity index (χ0) is 17.3. The average molecular weight is 324 g/mol. The van der Waals surface area contributed by atoms with Crippen molar-refractivity contribution in [1.29, 1.82) is 0 Å². The van der Waals surface area contributed by atoms with Crippen LogP contribution in [0.15, 0.2) is 54.6 Å². The van der Waals surface area contributed by atoms with E-state index in [1.165, 1.54) is 6.07 Å². The molecule has 1 heterocycles. The summed E-state index contributed by atoms with van der Waals surface area (Å²) < 4.78 is 7.17. The summed E-state index contributed by atoms with van der Waals surface area (Å²) in [6.07, 6.45) is 0. The number of ether oxygens (including phenoxy) is 1. The first-order chi connectivity index (χ1) is 11.5. The van der Waals surface area contributed by atoms with Crippen molar-refractivity contribution in [3.05, 3.63) is 64.7 Å². The summed E-state index contributed by atoms with van der Waals surface area (Å²) in [5.41, 5.74) is 2.22. The Labute approximate surface area is 138 Å². The molecule has 0 amide bonds. The van der Waals surface area contributed by atoms with Crippen molar-refractivity contribution in [3.8, 4) is 0 Å². The number of esters is 1. The number of nitrogens with zero attached hydrogens (tertiary/aromatic N) is 2. The first-order valence-electron chi connectivity index (χ1n) is 7.47. The third kappa shape index (κ3) is 2.74. The van der Waals surface area contributed by atoms with Crippen LogP contribution in [0.3, 0.4) is 0 Å². The Bertz CT molecular complexity index is 972. The average Bonchev–Trinajstić information content (AvgIpc) is 2.88. The zero-order valence-electron chi connectivity index (χ0n) is 13.2. The van der Waals surface area contributed by atoms with E-state index in [2.05, 4.69) is 6.58 Å². The van der Waals surface area contributed by atoms with Crippen molar-refractivity contribution in [2.75, 3.05) is 6.61 Å². The van der Waals surface area contributed by atoms with E-state index in [0.29, 0.717) is 12.1 Å². The number of rotatable bonds is 5. The highest BCUT2D eigenvalue weighted by molar-refractivity contribution is 6.08. The normalized spacial score (nSPS) is 10.9. The van der Waals surface area contributed by atoms with Gasteiger partial charge >= 0.3 is 5.97 Å². The SMILES string of the molecule is C=C(C)C(=O)OCCn1c2ccccc2c2cc([N+](=O)[O-])ccc21. The van der Waals surface area contributed by atoms with Crippen LogP contribution in [0, 0.1) is 10.1 Å². The van der Waals surface area contributed by atoms with Gasteiger partial charge in [0.2, 0.25) is 0 Å². The molecule has 122 valence electrons. The van der Waals surface area contributed by atoms with Crippen molar-refractivity contribution >= 4 is 33.5 Å². The summed E-state index contributed by atoms with van der Waals surface area (Å²) in [4.78, 5) is 22.1. The molecule has 0 saturated heterocycles. The molecule has 3 aromatic rings. The third-order valence-corrected chi connectivity index (χ3v) is 3.86. The van der Waals surface area contributed by atoms with E-state index in [4.69, 9.17) is 4.74 Å². The number of hydrogen-bond acceptors (Lipinski definition) is 4. The fourth-order valence-corrected chi connectivity index (χ4v) is 2.75. The maximum Gasteiger partial charge on any atom is 0.333 e. The number of para-hydroxylation sites is 1. The van der Waals surface area contributed by atoms with Crippen LogP contribution in [0.25, 0.3) is 21.8 Å². The van der Waals surface area contributed by atoms with E-state index < -0.39 is 10.9 Å². The number of non-ortho nitro benzene ring substituents is 1. The minimum atomic E-state index is -0.425. The van der Waals surface area contributed by atoms with Gasteiger partial charge in [0.1, 0.15) is 6.61 Å². The lowest BCUT2D eigenvalue weighted by molar-refractivity contribution is -0.384. The molecule has 0 bridgehead atoms. The van der Waals surface area contributed by atoms with Crippen LogP contribution < -0.4 is 0 Å². The predicted octanol–water partition coefficient (Wildman–Crippen LogP) is 3.82. The molecular weight excluding hydrogens is 308 g/mol. The van der Waals surface area contributed by atoms with E-state index in [1.807, 2.05) is 28.8 Å². The lowest BCUT2D eigenvalue weighted by Gasteiger charge is -2.08. The van der Waals surface area contributed by atoms with Crippen molar-refractivity contribution in [3.63, 3.8) is 0 Å². The van der Waals surface area contributed by atoms with Crippen molar-refractivity contribution in [2.45, 2.75) is 13.5 Å². The molecule has 6 heteroatoms. The number of carbonyl (C=O) groups excluding carboxylic acids is 1. The summed E-state index contributed by atoms with van der Waals surface area (Å²) in [5, 5.41) is 12.8. The molecule has 0 unspecified atom stereocenters. The molecule has 2 aromatic carbocycles. The van der Waals surface area contributed by atoms with Gasteiger partial charge in [-0.2, -0.15) is 0 Å². The van der Waals surface area contributed by atoms with Gasteiger partial charge in [-0.05, 0) is 19.1 Å². The second-order valence-corrected chi connectivity index (χ2v) is 5.54. The lowest BCUT2D eigenvalue weighted by Crippen LogP contribution is -2.11. The van der Waals surface area contributed by atoms with Gasteiger partial charge in [-0.25, -0.2) is 4.79 Å². The second kappa shape index (κ2) is 6.16. The van der Waals surface area contributed by atoms with Crippen LogP contribution in [0.2, 0.25) is 0 Å². The Morgan fingerprint density at radius 2 is 1.92 bits per heavy atom. The quantitative estimate of drug-likeness (QED) is 0.309. The van der Waals surface area contributed by atoms with Gasteiger partial charge in [-0.1, -0.05) is 24.8 Å². The summed E-state index contributed by atoms with van der Waals surface area (Å²) in [6.45, 7) is 5.81. The molecule has 0 N–H and O–H groups in total. The van der Waals surface area contributed by atoms with E-state index in [0.717, 1.165) is 21.8 Å². The summed E-state index contributed by atoms with van der Waals surface area (Å²) in [7, 11) is 0. The van der Waals surface area contributed by atoms with Crippen molar-refractivity contribution in [2.24, 2.45) is 0 Å². The highest BCUT2D eigenvalue weighted by Gasteiger charge is 2.14. The molecule has 0 aliphatic rings. The standard InChI is InChI=1S/C18H16N2O4/c1-12(2)18(21)24-10-9-19-16-6-4-3-5-14(16)15-11-13(20(22)23)7-8-17(15)19/h3-8,11H,1,9-10H2,2H3. The fraction of sp³-hybridized carbons (Fsp3) is 0.167. The molecule has 3 rings (SSSR count). The molecule has 24 heavy (non-hydrogen) atoms. The number of carbonyl (C=O) groups is 1. The van der Waals surface area contributed by atoms with E-state index in [1.54, 1.807) is 19.1 Å². The molecule has 0 aliphatic heterocycles. The number of hydrogen-bond donors (Lipinski definition) is 0. The Hall–Kier alpha value is -3.15. The van der Waals surface area contributed by atoms with Crippen LogP contribution in [0.1, 0.15) is 6.92 Å². The molecule has 0 saturated carbocycles. The van der Waals surface area contributed by atoms with E-state index in [9.17, 15) is 14.9 Å². The van der Waals surface area contributed by atoms with Crippen LogP contribution in [-0.2, 0) is 16.1 Å². The van der Waals surface area contributed by atoms with Crippen molar-refractivity contribution in [1.82, 2.24) is 4.57 Å². The van der Waals surface area contributed by atoms with Crippen LogP contribution in [0.5, 0.6) is 0 Å². The zero-order valence-corrected chi connectivity index (χ0v) is 13.2. The number of aromatic nitrogens is 1. The second-order valence-electron chi connectivity index (χ2n) is 5.54. The monoisotopic (exact) mass is 324 g/mol. The largest absolute Gasteiger partial charge is 0.460 e. The number of nitro benzene ring substituents is 1. The number of benzene rings is 2. The Morgan fingerprint density at radius 3 is 2.62 bits per heavy atom. The topological polar surface area (TPSA) is 74.4 Å². The summed E-state index contributed by atoms with van der Waals surface area (Å²) in [5.74, 6) is -0.425. The Kier molecular flexibility index (Phi) is 4.04. The Morgan fingerprint density at radius 1 is 1.21 bits per heavy atom. The predicted molar refractivity (Wildman–Crippen MR) is 91.9 cm³/mol. The first-order valence-corrected chi connectivity index (χ1v) is 7.47. The molecule has 0 radical (unpaired) electrons. The van der Waals surface area contributed by atoms with E-state index >= 15 is 0 Å². The minimum absolute atomic E-state index is 0.0547. The van der Waals surface area contributed by atoms with Crippen LogP contribution in [0.4, 0.5) is 5.69 Å². The molecule has 0 spiro atoms. The number of nitro groups is 1. The molecule has 1 aromatic heterocycles. The van der Waals surface area contributed by atoms with Crippen LogP contribution in [-0.4, -0.2) is 22.1 Å². The third-order valence-electron chi connectivity index (χ3n) is 3.86. The first kappa shape index (κ1) is 15.7. The number of fused-ring (bicyclic) bond motifs is 3. The molecule has 0 fully saturated rings. The fourth-order valence-electron chi connectivity index (χ4n) is 2.75. The van der Waals surface area contributed by atoms with Gasteiger partial charge in [-0.15, -0.1) is 0 Å². The van der Waals surface area contributed by atoms with E-state index in [-0.39, 0.29) is 12.3 Å². The van der Waals surface area contributed by atoms with Gasteiger partial charge in [-0.3, -0.25) is 10.1 Å². The maximum atomic E-state index is 11.5. The van der Waals surface area contributed by atoms with Gasteiger partial charge in [0.05, 0.1) is 11.5 Å². The lowest BCUT2D eigenvalue weighted by atomic mass is 10.1. The maximum absolute atomic E-state index is 11.5. The molecule has 0 atom stereocenters. The Balaban J connectivity index is 2.03. The molecular formula is C18H16N2O4. The molecule has 6 nitrogen and oxygen atoms in total. The minimum Gasteiger partial charge on any atom is -0.460 e. The van der Waals surface area contributed by atoms with Gasteiger partial charge < -0.3 is 9.30 Å². The van der Waals surface area contributed by atoms with Gasteiger partial charge in [0, 0.05) is 39.5 Å².